The maximum Gasteiger partial charge on any atom is 0.255 e. The molecule has 2 heterocycles. The van der Waals surface area contributed by atoms with E-state index in [4.69, 9.17) is 5.73 Å². The summed E-state index contributed by atoms with van der Waals surface area (Å²) in [5, 5.41) is 2.05. The fourth-order valence-electron chi connectivity index (χ4n) is 2.76. The van der Waals surface area contributed by atoms with Gasteiger partial charge in [-0.25, -0.2) is 4.98 Å². The number of nitrogens with two attached hydrogens (primary N) is 1. The van der Waals surface area contributed by atoms with Crippen molar-refractivity contribution in [2.24, 2.45) is 11.1 Å². The highest BCUT2D eigenvalue weighted by Crippen LogP contribution is 2.32. The largest absolute Gasteiger partial charge is 0.338 e. The minimum absolute atomic E-state index is 0. The van der Waals surface area contributed by atoms with Crippen LogP contribution in [0.3, 0.4) is 0 Å². The van der Waals surface area contributed by atoms with Gasteiger partial charge in [-0.15, -0.1) is 47.9 Å². The first kappa shape index (κ1) is 22.3. The van der Waals surface area contributed by atoms with E-state index in [-0.39, 0.29) is 36.1 Å². The Bertz CT molecular complexity index is 684. The molecule has 1 aromatic carbocycles. The quantitative estimate of drug-likeness (QED) is 0.741. The molecule has 1 aromatic heterocycles. The number of carbonyl (C=O) groups excluding carboxylic acids is 1. The first-order chi connectivity index (χ1) is 11.1. The summed E-state index contributed by atoms with van der Waals surface area (Å²) in [7, 11) is 0. The molecule has 3 rings (SSSR count). The SMILES string of the molecule is CC1(CN)CCN(C(=O)c2ccccc2SCc2cscn2)C1.Cl.Cl. The molecule has 1 amide bonds. The molecule has 8 heteroatoms. The van der Waals surface area contributed by atoms with Gasteiger partial charge in [0.05, 0.1) is 16.8 Å². The van der Waals surface area contributed by atoms with Crippen molar-refractivity contribution < 1.29 is 4.79 Å². The van der Waals surface area contributed by atoms with Crippen LogP contribution in [-0.2, 0) is 5.75 Å². The van der Waals surface area contributed by atoms with Gasteiger partial charge in [0.2, 0.25) is 0 Å². The lowest BCUT2D eigenvalue weighted by atomic mass is 9.90. The summed E-state index contributed by atoms with van der Waals surface area (Å²) < 4.78 is 0. The van der Waals surface area contributed by atoms with Crippen molar-refractivity contribution in [3.8, 4) is 0 Å². The Morgan fingerprint density at radius 3 is 2.80 bits per heavy atom. The maximum atomic E-state index is 12.9. The highest BCUT2D eigenvalue weighted by molar-refractivity contribution is 7.98. The minimum Gasteiger partial charge on any atom is -0.338 e. The van der Waals surface area contributed by atoms with E-state index in [1.165, 1.54) is 0 Å². The van der Waals surface area contributed by atoms with Crippen LogP contribution >= 0.6 is 47.9 Å². The number of carbonyl (C=O) groups is 1. The van der Waals surface area contributed by atoms with Crippen LogP contribution in [0.5, 0.6) is 0 Å². The number of aromatic nitrogens is 1. The molecule has 0 saturated carbocycles. The molecule has 1 aliphatic rings. The zero-order valence-corrected chi connectivity index (χ0v) is 17.3. The van der Waals surface area contributed by atoms with Crippen LogP contribution in [0, 0.1) is 5.41 Å². The topological polar surface area (TPSA) is 59.2 Å². The molecule has 1 fully saturated rings. The van der Waals surface area contributed by atoms with E-state index >= 15 is 0 Å². The Labute approximate surface area is 169 Å². The van der Waals surface area contributed by atoms with Gasteiger partial charge in [-0.3, -0.25) is 4.79 Å². The molecular formula is C17H23Cl2N3OS2. The van der Waals surface area contributed by atoms with E-state index in [1.807, 2.05) is 40.1 Å². The third-order valence-electron chi connectivity index (χ3n) is 4.31. The first-order valence-electron chi connectivity index (χ1n) is 7.69. The second kappa shape index (κ2) is 9.78. The van der Waals surface area contributed by atoms with Crippen LogP contribution in [0.1, 0.15) is 29.4 Å². The standard InChI is InChI=1S/C17H21N3OS2.2ClH/c1-17(10-18)6-7-20(11-17)16(21)14-4-2-3-5-15(14)23-9-13-8-22-12-19-13;;/h2-5,8,12H,6-7,9-11,18H2,1H3;2*1H. The average Bonchev–Trinajstić information content (AvgIpc) is 3.23. The third-order valence-corrected chi connectivity index (χ3v) is 6.06. The lowest BCUT2D eigenvalue weighted by Gasteiger charge is -2.23. The van der Waals surface area contributed by atoms with E-state index < -0.39 is 0 Å². The fraction of sp³-hybridized carbons (Fsp3) is 0.412. The van der Waals surface area contributed by atoms with E-state index in [2.05, 4.69) is 11.9 Å². The predicted molar refractivity (Wildman–Crippen MR) is 110 cm³/mol. The number of benzene rings is 1. The molecule has 0 radical (unpaired) electrons. The third kappa shape index (κ3) is 5.34. The summed E-state index contributed by atoms with van der Waals surface area (Å²) in [6.07, 6.45) is 0.976. The van der Waals surface area contributed by atoms with Crippen LogP contribution < -0.4 is 5.73 Å². The number of hydrogen-bond donors (Lipinski definition) is 1. The van der Waals surface area contributed by atoms with E-state index in [0.717, 1.165) is 41.4 Å². The summed E-state index contributed by atoms with van der Waals surface area (Å²) in [6, 6.07) is 7.85. The lowest BCUT2D eigenvalue weighted by Crippen LogP contribution is -2.34. The van der Waals surface area contributed by atoms with E-state index in [9.17, 15) is 4.79 Å². The van der Waals surface area contributed by atoms with Gasteiger partial charge in [0.25, 0.3) is 5.91 Å². The zero-order valence-electron chi connectivity index (χ0n) is 14.0. The Morgan fingerprint density at radius 1 is 1.40 bits per heavy atom. The van der Waals surface area contributed by atoms with Gasteiger partial charge in [0, 0.05) is 29.1 Å². The van der Waals surface area contributed by atoms with Gasteiger partial charge >= 0.3 is 0 Å². The van der Waals surface area contributed by atoms with Gasteiger partial charge in [-0.1, -0.05) is 19.1 Å². The number of nitrogens with zero attached hydrogens (tertiary/aromatic N) is 2. The number of rotatable bonds is 5. The molecule has 25 heavy (non-hydrogen) atoms. The summed E-state index contributed by atoms with van der Waals surface area (Å²) in [6.45, 7) is 4.31. The molecule has 0 spiro atoms. The van der Waals surface area contributed by atoms with Gasteiger partial charge < -0.3 is 10.6 Å². The maximum absolute atomic E-state index is 12.9. The van der Waals surface area contributed by atoms with Crippen molar-refractivity contribution in [2.45, 2.75) is 24.0 Å². The summed E-state index contributed by atoms with van der Waals surface area (Å²) in [5.41, 5.74) is 9.59. The molecule has 1 unspecified atom stereocenters. The summed E-state index contributed by atoms with van der Waals surface area (Å²) in [5.74, 6) is 0.900. The predicted octanol–water partition coefficient (Wildman–Crippen LogP) is 4.09. The summed E-state index contributed by atoms with van der Waals surface area (Å²) in [4.78, 5) is 20.2. The number of thiazole rings is 1. The molecule has 1 aliphatic heterocycles. The van der Waals surface area contributed by atoms with Crippen LogP contribution in [0.15, 0.2) is 40.1 Å². The Hall–Kier alpha value is -0.790. The molecule has 2 N–H and O–H groups in total. The van der Waals surface area contributed by atoms with Gasteiger partial charge in [-0.2, -0.15) is 0 Å². The Balaban J connectivity index is 0.00000156. The van der Waals surface area contributed by atoms with E-state index in [1.54, 1.807) is 23.1 Å². The molecule has 0 bridgehead atoms. The molecule has 1 atom stereocenters. The highest BCUT2D eigenvalue weighted by Gasteiger charge is 2.35. The number of halogens is 2. The van der Waals surface area contributed by atoms with Gasteiger partial charge in [0.15, 0.2) is 0 Å². The zero-order chi connectivity index (χ0) is 16.3. The number of amides is 1. The summed E-state index contributed by atoms with van der Waals surface area (Å²) >= 11 is 3.27. The molecule has 1 saturated heterocycles. The van der Waals surface area contributed by atoms with Crippen molar-refractivity contribution in [1.82, 2.24) is 9.88 Å². The van der Waals surface area contributed by atoms with Crippen LogP contribution in [-0.4, -0.2) is 35.4 Å². The molecule has 0 aliphatic carbocycles. The smallest absolute Gasteiger partial charge is 0.255 e. The van der Waals surface area contributed by atoms with Gasteiger partial charge in [0.1, 0.15) is 0 Å². The number of thioether (sulfide) groups is 1. The fourth-order valence-corrected chi connectivity index (χ4v) is 4.37. The van der Waals surface area contributed by atoms with Crippen molar-refractivity contribution in [1.29, 1.82) is 0 Å². The Morgan fingerprint density at radius 2 is 2.16 bits per heavy atom. The minimum atomic E-state index is 0. The van der Waals surface area contributed by atoms with Crippen molar-refractivity contribution >= 4 is 53.8 Å². The molecule has 2 aromatic rings. The second-order valence-corrected chi connectivity index (χ2v) is 7.99. The number of likely N-dealkylation sites (tertiary alicyclic amines) is 1. The molecular weight excluding hydrogens is 397 g/mol. The average molecular weight is 420 g/mol. The normalized spacial score (nSPS) is 19.2. The van der Waals surface area contributed by atoms with E-state index in [0.29, 0.717) is 6.54 Å². The van der Waals surface area contributed by atoms with Gasteiger partial charge in [-0.05, 0) is 30.5 Å². The van der Waals surface area contributed by atoms with Crippen LogP contribution in [0.25, 0.3) is 0 Å². The van der Waals surface area contributed by atoms with Crippen molar-refractivity contribution in [2.75, 3.05) is 19.6 Å². The van der Waals surface area contributed by atoms with Crippen molar-refractivity contribution in [3.63, 3.8) is 0 Å². The van der Waals surface area contributed by atoms with Crippen LogP contribution in [0.4, 0.5) is 0 Å². The number of hydrogen-bond acceptors (Lipinski definition) is 5. The monoisotopic (exact) mass is 419 g/mol. The lowest BCUT2D eigenvalue weighted by molar-refractivity contribution is 0.0773. The molecule has 138 valence electrons. The van der Waals surface area contributed by atoms with Crippen molar-refractivity contribution in [3.05, 3.63) is 46.4 Å². The Kier molecular flexibility index (Phi) is 8.71. The first-order valence-corrected chi connectivity index (χ1v) is 9.62. The van der Waals surface area contributed by atoms with Crippen LogP contribution in [0.2, 0.25) is 0 Å². The second-order valence-electron chi connectivity index (χ2n) is 6.26. The molecule has 4 nitrogen and oxygen atoms in total. The highest BCUT2D eigenvalue weighted by atomic mass is 35.5.